The molecule has 6 heteroatoms. The van der Waals surface area contributed by atoms with Crippen LogP contribution in [0.25, 0.3) is 0 Å². The van der Waals surface area contributed by atoms with Crippen LogP contribution >= 0.6 is 0 Å². The van der Waals surface area contributed by atoms with Crippen molar-refractivity contribution in [1.29, 1.82) is 0 Å². The maximum absolute atomic E-state index is 12.7. The molecule has 0 aliphatic carbocycles. The fourth-order valence-electron chi connectivity index (χ4n) is 3.16. The van der Waals surface area contributed by atoms with Crippen molar-refractivity contribution >= 4 is 17.6 Å². The molecule has 2 heterocycles. The molecule has 1 saturated heterocycles. The minimum atomic E-state index is -0.807. The lowest BCUT2D eigenvalue weighted by atomic mass is 9.96. The van der Waals surface area contributed by atoms with Crippen molar-refractivity contribution in [3.05, 3.63) is 60.3 Å². The van der Waals surface area contributed by atoms with Crippen molar-refractivity contribution in [1.82, 2.24) is 10.3 Å². The van der Waals surface area contributed by atoms with Gasteiger partial charge in [-0.3, -0.25) is 9.59 Å². The summed E-state index contributed by atoms with van der Waals surface area (Å²) >= 11 is 0. The van der Waals surface area contributed by atoms with E-state index in [0.29, 0.717) is 12.1 Å². The van der Waals surface area contributed by atoms with E-state index >= 15 is 0 Å². The van der Waals surface area contributed by atoms with Crippen LogP contribution in [0.15, 0.2) is 54.7 Å². The Hall–Kier alpha value is -2.89. The number of carbonyl (C=O) groups excluding carboxylic acids is 2. The van der Waals surface area contributed by atoms with E-state index < -0.39 is 11.9 Å². The molecule has 1 fully saturated rings. The first kappa shape index (κ1) is 17.0. The molecule has 3 rings (SSSR count). The number of primary amides is 1. The number of carbonyl (C=O) groups is 2. The smallest absolute Gasteiger partial charge is 0.244 e. The van der Waals surface area contributed by atoms with Crippen LogP contribution < -0.4 is 16.0 Å². The highest BCUT2D eigenvalue weighted by Gasteiger charge is 2.29. The van der Waals surface area contributed by atoms with Crippen molar-refractivity contribution in [2.24, 2.45) is 11.7 Å². The Morgan fingerprint density at radius 1 is 1.16 bits per heavy atom. The number of piperidine rings is 1. The van der Waals surface area contributed by atoms with Gasteiger partial charge in [0.25, 0.3) is 0 Å². The molecule has 2 amide bonds. The summed E-state index contributed by atoms with van der Waals surface area (Å²) in [6.45, 7) is 1.46. The summed E-state index contributed by atoms with van der Waals surface area (Å²) in [7, 11) is 0. The first-order valence-corrected chi connectivity index (χ1v) is 8.46. The third-order valence-electron chi connectivity index (χ3n) is 4.47. The summed E-state index contributed by atoms with van der Waals surface area (Å²) in [6.07, 6.45) is 3.44. The lowest BCUT2D eigenvalue weighted by Gasteiger charge is -2.33. The number of benzene rings is 1. The Labute approximate surface area is 147 Å². The van der Waals surface area contributed by atoms with Gasteiger partial charge in [0.2, 0.25) is 11.8 Å². The lowest BCUT2D eigenvalue weighted by molar-refractivity contribution is -0.130. The molecule has 0 spiro atoms. The molecule has 25 heavy (non-hydrogen) atoms. The Kier molecular flexibility index (Phi) is 5.28. The maximum atomic E-state index is 12.7. The van der Waals surface area contributed by atoms with Gasteiger partial charge in [-0.1, -0.05) is 36.4 Å². The standard InChI is InChI=1S/C19H22N4O2/c20-18(24)17(14-7-2-1-3-8-14)22-19(25)15-9-6-12-23(13-15)16-10-4-5-11-21-16/h1-5,7-8,10-11,15,17H,6,9,12-13H2,(H2,20,24)(H,22,25)/t15-,17+/m0/s1. The molecule has 1 aromatic heterocycles. The van der Waals surface area contributed by atoms with Crippen LogP contribution in [0, 0.1) is 5.92 Å². The number of hydrogen-bond acceptors (Lipinski definition) is 4. The van der Waals surface area contributed by atoms with Gasteiger partial charge in [-0.2, -0.15) is 0 Å². The minimum absolute atomic E-state index is 0.145. The zero-order chi connectivity index (χ0) is 17.6. The summed E-state index contributed by atoms with van der Waals surface area (Å²) in [5.41, 5.74) is 6.19. The van der Waals surface area contributed by atoms with E-state index in [-0.39, 0.29) is 11.8 Å². The van der Waals surface area contributed by atoms with E-state index in [9.17, 15) is 9.59 Å². The van der Waals surface area contributed by atoms with Crippen LogP contribution in [0.5, 0.6) is 0 Å². The number of nitrogens with one attached hydrogen (secondary N) is 1. The van der Waals surface area contributed by atoms with Gasteiger partial charge in [0.05, 0.1) is 5.92 Å². The molecule has 1 aliphatic heterocycles. The van der Waals surface area contributed by atoms with E-state index in [1.165, 1.54) is 0 Å². The molecule has 0 bridgehead atoms. The quantitative estimate of drug-likeness (QED) is 0.867. The average molecular weight is 338 g/mol. The van der Waals surface area contributed by atoms with Crippen LogP contribution in [-0.2, 0) is 9.59 Å². The highest BCUT2D eigenvalue weighted by Crippen LogP contribution is 2.22. The fourth-order valence-corrected chi connectivity index (χ4v) is 3.16. The SMILES string of the molecule is NC(=O)[C@H](NC(=O)[C@H]1CCCN(c2ccccn2)C1)c1ccccc1. The number of amides is 2. The predicted octanol–water partition coefficient (Wildman–Crippen LogP) is 1.64. The summed E-state index contributed by atoms with van der Waals surface area (Å²) in [6, 6.07) is 14.0. The zero-order valence-electron chi connectivity index (χ0n) is 14.0. The van der Waals surface area contributed by atoms with Crippen molar-refractivity contribution in [3.63, 3.8) is 0 Å². The monoisotopic (exact) mass is 338 g/mol. The van der Waals surface area contributed by atoms with Crippen LogP contribution in [-0.4, -0.2) is 29.9 Å². The third kappa shape index (κ3) is 4.15. The number of aromatic nitrogens is 1. The van der Waals surface area contributed by atoms with Gasteiger partial charge in [-0.15, -0.1) is 0 Å². The number of pyridine rings is 1. The first-order valence-electron chi connectivity index (χ1n) is 8.46. The van der Waals surface area contributed by atoms with Crippen LogP contribution in [0.2, 0.25) is 0 Å². The van der Waals surface area contributed by atoms with Gasteiger partial charge < -0.3 is 16.0 Å². The Bertz CT molecular complexity index is 721. The Morgan fingerprint density at radius 2 is 1.92 bits per heavy atom. The molecule has 6 nitrogen and oxygen atoms in total. The molecule has 0 saturated carbocycles. The minimum Gasteiger partial charge on any atom is -0.368 e. The van der Waals surface area contributed by atoms with Gasteiger partial charge in [-0.05, 0) is 30.5 Å². The molecule has 1 aliphatic rings. The number of nitrogens with zero attached hydrogens (tertiary/aromatic N) is 2. The van der Waals surface area contributed by atoms with E-state index in [1.807, 2.05) is 36.4 Å². The molecule has 0 unspecified atom stereocenters. The van der Waals surface area contributed by atoms with Crippen molar-refractivity contribution < 1.29 is 9.59 Å². The van der Waals surface area contributed by atoms with Gasteiger partial charge in [0, 0.05) is 19.3 Å². The second-order valence-corrected chi connectivity index (χ2v) is 6.23. The zero-order valence-corrected chi connectivity index (χ0v) is 14.0. The number of hydrogen-bond donors (Lipinski definition) is 2. The van der Waals surface area contributed by atoms with Crippen LogP contribution in [0.4, 0.5) is 5.82 Å². The van der Waals surface area contributed by atoms with E-state index in [2.05, 4.69) is 15.2 Å². The first-order chi connectivity index (χ1) is 12.1. The van der Waals surface area contributed by atoms with Crippen molar-refractivity contribution in [2.75, 3.05) is 18.0 Å². The molecule has 2 atom stereocenters. The summed E-state index contributed by atoms with van der Waals surface area (Å²) < 4.78 is 0. The summed E-state index contributed by atoms with van der Waals surface area (Å²) in [5, 5.41) is 2.81. The normalized spacial score (nSPS) is 18.4. The van der Waals surface area contributed by atoms with E-state index in [0.717, 1.165) is 25.2 Å². The van der Waals surface area contributed by atoms with Crippen LogP contribution in [0.1, 0.15) is 24.4 Å². The van der Waals surface area contributed by atoms with Gasteiger partial charge >= 0.3 is 0 Å². The maximum Gasteiger partial charge on any atom is 0.244 e. The van der Waals surface area contributed by atoms with Crippen LogP contribution in [0.3, 0.4) is 0 Å². The van der Waals surface area contributed by atoms with Gasteiger partial charge in [0.15, 0.2) is 0 Å². The molecular formula is C19H22N4O2. The molecule has 2 aromatic rings. The number of rotatable bonds is 5. The second-order valence-electron chi connectivity index (χ2n) is 6.23. The highest BCUT2D eigenvalue weighted by atomic mass is 16.2. The molecule has 0 radical (unpaired) electrons. The second kappa shape index (κ2) is 7.79. The predicted molar refractivity (Wildman–Crippen MR) is 95.7 cm³/mol. The summed E-state index contributed by atoms with van der Waals surface area (Å²) in [4.78, 5) is 30.9. The lowest BCUT2D eigenvalue weighted by Crippen LogP contribution is -2.46. The Balaban J connectivity index is 1.68. The van der Waals surface area contributed by atoms with Crippen molar-refractivity contribution in [2.45, 2.75) is 18.9 Å². The van der Waals surface area contributed by atoms with E-state index in [1.54, 1.807) is 18.3 Å². The molecular weight excluding hydrogens is 316 g/mol. The largest absolute Gasteiger partial charge is 0.368 e. The topological polar surface area (TPSA) is 88.3 Å². The number of anilines is 1. The molecule has 130 valence electrons. The molecule has 1 aromatic carbocycles. The Morgan fingerprint density at radius 3 is 2.60 bits per heavy atom. The third-order valence-corrected chi connectivity index (χ3v) is 4.47. The van der Waals surface area contributed by atoms with Gasteiger partial charge in [-0.25, -0.2) is 4.98 Å². The number of nitrogens with two attached hydrogens (primary N) is 1. The fraction of sp³-hybridized carbons (Fsp3) is 0.316. The molecule has 3 N–H and O–H groups in total. The van der Waals surface area contributed by atoms with E-state index in [4.69, 9.17) is 5.73 Å². The van der Waals surface area contributed by atoms with Crippen molar-refractivity contribution in [3.8, 4) is 0 Å². The highest BCUT2D eigenvalue weighted by molar-refractivity contribution is 5.88. The summed E-state index contributed by atoms with van der Waals surface area (Å²) in [5.74, 6) is -0.0268. The van der Waals surface area contributed by atoms with Gasteiger partial charge in [0.1, 0.15) is 11.9 Å². The average Bonchev–Trinajstić information content (AvgIpc) is 2.67.